The molecule has 0 aliphatic heterocycles. The van der Waals surface area contributed by atoms with Gasteiger partial charge in [-0.3, -0.25) is 0 Å². The van der Waals surface area contributed by atoms with E-state index in [1.54, 1.807) is 0 Å². The molecule has 1 rings (SSSR count). The van der Waals surface area contributed by atoms with Gasteiger partial charge in [-0.05, 0) is 25.5 Å². The van der Waals surface area contributed by atoms with E-state index < -0.39 is 0 Å². The normalized spacial score (nSPS) is 13.1. The highest BCUT2D eigenvalue weighted by molar-refractivity contribution is 9.09. The van der Waals surface area contributed by atoms with Gasteiger partial charge in [-0.25, -0.2) is 0 Å². The van der Waals surface area contributed by atoms with Crippen LogP contribution in [0.4, 0.5) is 0 Å². The summed E-state index contributed by atoms with van der Waals surface area (Å²) in [6, 6.07) is 4.46. The van der Waals surface area contributed by atoms with Crippen molar-refractivity contribution in [2.24, 2.45) is 0 Å². The molecule has 0 aromatic carbocycles. The minimum Gasteiger partial charge on any atom is -0.145 e. The van der Waals surface area contributed by atoms with Crippen LogP contribution in [0.5, 0.6) is 0 Å². The maximum atomic E-state index is 3.76. The van der Waals surface area contributed by atoms with Crippen LogP contribution >= 0.6 is 27.3 Å². The molecule has 1 aromatic rings. The maximum absolute atomic E-state index is 3.76. The largest absolute Gasteiger partial charge is 0.145 e. The van der Waals surface area contributed by atoms with Crippen molar-refractivity contribution in [1.82, 2.24) is 0 Å². The average molecular weight is 275 g/mol. The molecule has 0 N–H and O–H groups in total. The summed E-state index contributed by atoms with van der Waals surface area (Å²) in [5, 5.41) is 0. The molecule has 0 aliphatic carbocycles. The molecule has 1 unspecified atom stereocenters. The van der Waals surface area contributed by atoms with Crippen LogP contribution < -0.4 is 0 Å². The van der Waals surface area contributed by atoms with Gasteiger partial charge in [-0.1, -0.05) is 48.5 Å². The molecule has 0 amide bonds. The lowest BCUT2D eigenvalue weighted by molar-refractivity contribution is 0.632. The predicted molar refractivity (Wildman–Crippen MR) is 69.5 cm³/mol. The summed E-state index contributed by atoms with van der Waals surface area (Å²) in [4.78, 5) is 3.48. The molecular weight excluding hydrogens is 256 g/mol. The Balaban J connectivity index is 2.25. The van der Waals surface area contributed by atoms with Crippen molar-refractivity contribution >= 4 is 27.3 Å². The highest BCUT2D eigenvalue weighted by Crippen LogP contribution is 2.33. The molecule has 0 aliphatic rings. The van der Waals surface area contributed by atoms with Crippen LogP contribution in [0.1, 0.15) is 53.6 Å². The zero-order chi connectivity index (χ0) is 10.4. The van der Waals surface area contributed by atoms with Crippen LogP contribution in [-0.2, 0) is 0 Å². The first kappa shape index (κ1) is 12.3. The average Bonchev–Trinajstić information content (AvgIpc) is 2.59. The Labute approximate surface area is 99.9 Å². The zero-order valence-electron chi connectivity index (χ0n) is 9.05. The molecule has 1 aromatic heterocycles. The van der Waals surface area contributed by atoms with E-state index in [1.807, 2.05) is 11.3 Å². The zero-order valence-corrected chi connectivity index (χ0v) is 11.5. The smallest absolute Gasteiger partial charge is 0.0489 e. The van der Waals surface area contributed by atoms with Gasteiger partial charge in [0.2, 0.25) is 0 Å². The molecular formula is C12H19BrS. The number of halogens is 1. The summed E-state index contributed by atoms with van der Waals surface area (Å²) in [7, 11) is 0. The Kier molecular flexibility index (Phi) is 5.80. The Bertz CT molecular complexity index is 255. The van der Waals surface area contributed by atoms with Gasteiger partial charge in [0.1, 0.15) is 0 Å². The van der Waals surface area contributed by atoms with E-state index in [9.17, 15) is 0 Å². The number of thiophene rings is 1. The molecule has 0 fully saturated rings. The Morgan fingerprint density at radius 1 is 1.29 bits per heavy atom. The highest BCUT2D eigenvalue weighted by Gasteiger charge is 2.08. The quantitative estimate of drug-likeness (QED) is 0.477. The van der Waals surface area contributed by atoms with Crippen LogP contribution in [0.3, 0.4) is 0 Å². The number of hydrogen-bond donors (Lipinski definition) is 0. The van der Waals surface area contributed by atoms with E-state index in [0.717, 1.165) is 0 Å². The fraction of sp³-hybridized carbons (Fsp3) is 0.667. The molecule has 1 heterocycles. The number of hydrogen-bond acceptors (Lipinski definition) is 1. The summed E-state index contributed by atoms with van der Waals surface area (Å²) in [5.74, 6) is 0. The SMILES string of the molecule is CCCCCCC(Br)c1ccc(C)s1. The van der Waals surface area contributed by atoms with Crippen LogP contribution in [-0.4, -0.2) is 0 Å². The van der Waals surface area contributed by atoms with Crippen molar-refractivity contribution in [1.29, 1.82) is 0 Å². The monoisotopic (exact) mass is 274 g/mol. The van der Waals surface area contributed by atoms with Gasteiger partial charge in [-0.2, -0.15) is 0 Å². The van der Waals surface area contributed by atoms with Gasteiger partial charge in [0.15, 0.2) is 0 Å². The third kappa shape index (κ3) is 4.14. The van der Waals surface area contributed by atoms with E-state index in [0.29, 0.717) is 4.83 Å². The van der Waals surface area contributed by atoms with Crippen molar-refractivity contribution in [3.63, 3.8) is 0 Å². The first-order valence-corrected chi connectivity index (χ1v) is 7.17. The Morgan fingerprint density at radius 2 is 2.07 bits per heavy atom. The summed E-state index contributed by atoms with van der Waals surface area (Å²) in [5.41, 5.74) is 0. The fourth-order valence-electron chi connectivity index (χ4n) is 1.51. The predicted octanol–water partition coefficient (Wildman–Crippen LogP) is 5.46. The van der Waals surface area contributed by atoms with Crippen LogP contribution in [0, 0.1) is 6.92 Å². The van der Waals surface area contributed by atoms with Gasteiger partial charge in [-0.15, -0.1) is 11.3 Å². The standard InChI is InChI=1S/C12H19BrS/c1-3-4-5-6-7-11(13)12-9-8-10(2)14-12/h8-9,11H,3-7H2,1-2H3. The van der Waals surface area contributed by atoms with E-state index in [-0.39, 0.29) is 0 Å². The lowest BCUT2D eigenvalue weighted by Crippen LogP contribution is -1.86. The van der Waals surface area contributed by atoms with Gasteiger partial charge in [0.05, 0.1) is 0 Å². The topological polar surface area (TPSA) is 0 Å². The van der Waals surface area contributed by atoms with E-state index >= 15 is 0 Å². The van der Waals surface area contributed by atoms with Crippen LogP contribution in [0.2, 0.25) is 0 Å². The molecule has 80 valence electrons. The summed E-state index contributed by atoms with van der Waals surface area (Å²) in [6.07, 6.45) is 6.71. The number of unbranched alkanes of at least 4 members (excludes halogenated alkanes) is 3. The van der Waals surface area contributed by atoms with E-state index in [2.05, 4.69) is 41.9 Å². The van der Waals surface area contributed by atoms with Gasteiger partial charge in [0.25, 0.3) is 0 Å². The molecule has 0 radical (unpaired) electrons. The van der Waals surface area contributed by atoms with Gasteiger partial charge >= 0.3 is 0 Å². The molecule has 0 spiro atoms. The van der Waals surface area contributed by atoms with Gasteiger partial charge in [0, 0.05) is 14.6 Å². The molecule has 0 bridgehead atoms. The summed E-state index contributed by atoms with van der Waals surface area (Å²) in [6.45, 7) is 4.43. The lowest BCUT2D eigenvalue weighted by Gasteiger charge is -2.06. The molecule has 0 saturated carbocycles. The van der Waals surface area contributed by atoms with E-state index in [1.165, 1.54) is 41.9 Å². The fourth-order valence-corrected chi connectivity index (χ4v) is 3.16. The minimum absolute atomic E-state index is 0.582. The molecule has 1 atom stereocenters. The first-order chi connectivity index (χ1) is 6.74. The third-order valence-corrected chi connectivity index (χ3v) is 4.75. The molecule has 0 nitrogen and oxygen atoms in total. The van der Waals surface area contributed by atoms with Crippen molar-refractivity contribution < 1.29 is 0 Å². The minimum atomic E-state index is 0.582. The molecule has 14 heavy (non-hydrogen) atoms. The van der Waals surface area contributed by atoms with Crippen molar-refractivity contribution in [3.8, 4) is 0 Å². The van der Waals surface area contributed by atoms with Gasteiger partial charge < -0.3 is 0 Å². The highest BCUT2D eigenvalue weighted by atomic mass is 79.9. The second-order valence-electron chi connectivity index (χ2n) is 3.77. The van der Waals surface area contributed by atoms with Crippen molar-refractivity contribution in [3.05, 3.63) is 21.9 Å². The second-order valence-corrected chi connectivity index (χ2v) is 6.19. The second kappa shape index (κ2) is 6.62. The molecule has 0 saturated heterocycles. The Hall–Kier alpha value is 0.180. The number of rotatable bonds is 6. The van der Waals surface area contributed by atoms with Crippen molar-refractivity contribution in [2.45, 2.75) is 50.8 Å². The number of aryl methyl sites for hydroxylation is 1. The summed E-state index contributed by atoms with van der Waals surface area (Å²) >= 11 is 5.67. The van der Waals surface area contributed by atoms with Crippen LogP contribution in [0.25, 0.3) is 0 Å². The number of alkyl halides is 1. The van der Waals surface area contributed by atoms with E-state index in [4.69, 9.17) is 0 Å². The summed E-state index contributed by atoms with van der Waals surface area (Å²) < 4.78 is 0. The Morgan fingerprint density at radius 3 is 2.64 bits per heavy atom. The van der Waals surface area contributed by atoms with Crippen LogP contribution in [0.15, 0.2) is 12.1 Å². The molecule has 2 heteroatoms. The first-order valence-electron chi connectivity index (χ1n) is 5.44. The lowest BCUT2D eigenvalue weighted by atomic mass is 10.1. The maximum Gasteiger partial charge on any atom is 0.0489 e. The van der Waals surface area contributed by atoms with Crippen molar-refractivity contribution in [2.75, 3.05) is 0 Å². The third-order valence-electron chi connectivity index (χ3n) is 2.38.